The fourth-order valence-electron chi connectivity index (χ4n) is 2.46. The molecule has 0 unspecified atom stereocenters. The normalized spacial score (nSPS) is 11.4. The van der Waals surface area contributed by atoms with E-state index in [9.17, 15) is 24.5 Å². The number of ketones is 1. The molecule has 0 aliphatic rings. The second-order valence-electron chi connectivity index (χ2n) is 6.21. The Morgan fingerprint density at radius 2 is 1.83 bits per heavy atom. The average molecular weight is 419 g/mol. The average Bonchev–Trinajstić information content (AvgIpc) is 2.68. The second kappa shape index (κ2) is 9.79. The molecule has 0 heterocycles. The lowest BCUT2D eigenvalue weighted by Crippen LogP contribution is -2.24. The van der Waals surface area contributed by atoms with Gasteiger partial charge in [0.25, 0.3) is 5.69 Å². The zero-order valence-corrected chi connectivity index (χ0v) is 16.6. The predicted octanol–water partition coefficient (Wildman–Crippen LogP) is 4.42. The molecular formula is C20H19ClN2O6. The van der Waals surface area contributed by atoms with Gasteiger partial charge in [-0.3, -0.25) is 19.7 Å². The second-order valence-corrected chi connectivity index (χ2v) is 6.62. The van der Waals surface area contributed by atoms with Gasteiger partial charge < -0.3 is 10.1 Å². The van der Waals surface area contributed by atoms with Gasteiger partial charge in [-0.15, -0.1) is 0 Å². The number of non-ortho nitro benzene ring substituents is 1. The number of rotatable bonds is 8. The number of Topliss-reactive ketones (excluding diaryl/α,β-unsaturated/α-hetero) is 1. The van der Waals surface area contributed by atoms with Crippen LogP contribution >= 0.6 is 11.6 Å². The maximum Gasteiger partial charge on any atom is 0.340 e. The zero-order valence-electron chi connectivity index (χ0n) is 15.8. The molecule has 0 bridgehead atoms. The van der Waals surface area contributed by atoms with Gasteiger partial charge in [0.1, 0.15) is 0 Å². The molecule has 8 nitrogen and oxygen atoms in total. The van der Waals surface area contributed by atoms with E-state index in [1.54, 1.807) is 12.1 Å². The Balaban J connectivity index is 2.07. The van der Waals surface area contributed by atoms with Crippen molar-refractivity contribution in [2.75, 3.05) is 5.32 Å². The number of nitro benzene ring substituents is 1. The highest BCUT2D eigenvalue weighted by molar-refractivity contribution is 6.33. The molecule has 9 heteroatoms. The van der Waals surface area contributed by atoms with E-state index < -0.39 is 22.8 Å². The number of nitro groups is 1. The van der Waals surface area contributed by atoms with Crippen LogP contribution in [0, 0.1) is 10.1 Å². The Morgan fingerprint density at radius 1 is 1.17 bits per heavy atom. The van der Waals surface area contributed by atoms with Crippen molar-refractivity contribution in [1.82, 2.24) is 0 Å². The molecule has 29 heavy (non-hydrogen) atoms. The molecule has 1 atom stereocenters. The van der Waals surface area contributed by atoms with Crippen molar-refractivity contribution in [3.63, 3.8) is 0 Å². The number of benzene rings is 2. The van der Waals surface area contributed by atoms with Gasteiger partial charge in [-0.25, -0.2) is 4.79 Å². The number of hydrogen-bond acceptors (Lipinski definition) is 6. The number of nitrogens with one attached hydrogen (secondary N) is 1. The van der Waals surface area contributed by atoms with E-state index >= 15 is 0 Å². The third-order valence-corrected chi connectivity index (χ3v) is 4.29. The minimum absolute atomic E-state index is 0.0209. The van der Waals surface area contributed by atoms with Gasteiger partial charge in [0, 0.05) is 29.8 Å². The third-order valence-electron chi connectivity index (χ3n) is 3.96. The molecule has 2 aromatic rings. The van der Waals surface area contributed by atoms with Gasteiger partial charge in [-0.1, -0.05) is 18.5 Å². The van der Waals surface area contributed by atoms with Crippen LogP contribution in [0.15, 0.2) is 42.5 Å². The first-order valence-corrected chi connectivity index (χ1v) is 9.19. The Morgan fingerprint density at radius 3 is 2.41 bits per heavy atom. The quantitative estimate of drug-likeness (QED) is 0.293. The summed E-state index contributed by atoms with van der Waals surface area (Å²) < 4.78 is 5.13. The summed E-state index contributed by atoms with van der Waals surface area (Å²) in [6.45, 7) is 3.28. The molecule has 0 fully saturated rings. The van der Waals surface area contributed by atoms with Crippen molar-refractivity contribution in [2.24, 2.45) is 0 Å². The van der Waals surface area contributed by atoms with Gasteiger partial charge >= 0.3 is 5.97 Å². The minimum Gasteiger partial charge on any atom is -0.451 e. The minimum atomic E-state index is -1.14. The number of amides is 1. The van der Waals surface area contributed by atoms with Crippen LogP contribution in [0.2, 0.25) is 5.02 Å². The van der Waals surface area contributed by atoms with Crippen LogP contribution < -0.4 is 5.32 Å². The molecule has 2 rings (SSSR count). The SMILES string of the molecule is CCCC(=O)Nc1ccc(C(=O)[C@H](C)OC(=O)c2cc([N+](=O)[O-])ccc2Cl)cc1. The maximum absolute atomic E-state index is 12.5. The molecule has 0 radical (unpaired) electrons. The van der Waals surface area contributed by atoms with Crippen LogP contribution in [0.3, 0.4) is 0 Å². The van der Waals surface area contributed by atoms with Crippen molar-refractivity contribution in [2.45, 2.75) is 32.8 Å². The summed E-state index contributed by atoms with van der Waals surface area (Å²) in [6, 6.07) is 9.54. The van der Waals surface area contributed by atoms with Crippen molar-refractivity contribution in [3.8, 4) is 0 Å². The first kappa shape index (κ1) is 22.0. The number of esters is 1. The monoisotopic (exact) mass is 418 g/mol. The fourth-order valence-corrected chi connectivity index (χ4v) is 2.66. The molecular weight excluding hydrogens is 400 g/mol. The number of anilines is 1. The first-order valence-electron chi connectivity index (χ1n) is 8.82. The Hall–Kier alpha value is -3.26. The molecule has 0 aromatic heterocycles. The van der Waals surface area contributed by atoms with Gasteiger partial charge in [0.05, 0.1) is 15.5 Å². The zero-order chi connectivity index (χ0) is 21.6. The number of carbonyl (C=O) groups is 3. The lowest BCUT2D eigenvalue weighted by molar-refractivity contribution is -0.384. The molecule has 1 amide bonds. The summed E-state index contributed by atoms with van der Waals surface area (Å²) in [7, 11) is 0. The Bertz CT molecular complexity index is 942. The lowest BCUT2D eigenvalue weighted by Gasteiger charge is -2.13. The Labute approximate surface area is 172 Å². The van der Waals surface area contributed by atoms with Crippen molar-refractivity contribution in [1.29, 1.82) is 0 Å². The van der Waals surface area contributed by atoms with Crippen molar-refractivity contribution in [3.05, 3.63) is 68.7 Å². The van der Waals surface area contributed by atoms with Gasteiger partial charge in [-0.05, 0) is 43.7 Å². The standard InChI is InChI=1S/C20H19ClN2O6/c1-3-4-18(24)22-14-7-5-13(6-8-14)19(25)12(2)29-20(26)16-11-15(23(27)28)9-10-17(16)21/h5-12H,3-4H2,1-2H3,(H,22,24)/t12-/m0/s1. The van der Waals surface area contributed by atoms with E-state index in [0.717, 1.165) is 18.6 Å². The highest BCUT2D eigenvalue weighted by Crippen LogP contribution is 2.23. The molecule has 0 aliphatic carbocycles. The van der Waals surface area contributed by atoms with E-state index in [2.05, 4.69) is 5.32 Å². The molecule has 0 saturated carbocycles. The fraction of sp³-hybridized carbons (Fsp3) is 0.250. The third kappa shape index (κ3) is 5.86. The number of carbonyl (C=O) groups excluding carboxylic acids is 3. The van der Waals surface area contributed by atoms with Crippen LogP contribution in [-0.2, 0) is 9.53 Å². The van der Waals surface area contributed by atoms with Crippen molar-refractivity contribution >= 4 is 40.6 Å². The summed E-state index contributed by atoms with van der Waals surface area (Å²) in [5.74, 6) is -1.53. The summed E-state index contributed by atoms with van der Waals surface area (Å²) in [6.07, 6.45) is -0.0216. The summed E-state index contributed by atoms with van der Waals surface area (Å²) >= 11 is 5.91. The number of hydrogen-bond donors (Lipinski definition) is 1. The van der Waals surface area contributed by atoms with Gasteiger partial charge in [0.15, 0.2) is 6.10 Å². The highest BCUT2D eigenvalue weighted by Gasteiger charge is 2.23. The van der Waals surface area contributed by atoms with Crippen LogP contribution in [0.4, 0.5) is 11.4 Å². The predicted molar refractivity (Wildman–Crippen MR) is 107 cm³/mol. The summed E-state index contributed by atoms with van der Waals surface area (Å²) in [4.78, 5) is 46.6. The maximum atomic E-state index is 12.5. The number of ether oxygens (including phenoxy) is 1. The smallest absolute Gasteiger partial charge is 0.340 e. The van der Waals surface area contributed by atoms with Crippen molar-refractivity contribution < 1.29 is 24.0 Å². The summed E-state index contributed by atoms with van der Waals surface area (Å²) in [5, 5.41) is 13.5. The Kier molecular flexibility index (Phi) is 7.44. The highest BCUT2D eigenvalue weighted by atomic mass is 35.5. The largest absolute Gasteiger partial charge is 0.451 e. The first-order chi connectivity index (χ1) is 13.7. The van der Waals surface area contributed by atoms with E-state index in [4.69, 9.17) is 16.3 Å². The van der Waals surface area contributed by atoms with E-state index in [1.165, 1.54) is 25.1 Å². The molecule has 0 aliphatic heterocycles. The van der Waals surface area contributed by atoms with Crippen LogP contribution in [-0.4, -0.2) is 28.7 Å². The van der Waals surface area contributed by atoms with E-state index in [0.29, 0.717) is 12.1 Å². The van der Waals surface area contributed by atoms with Crippen LogP contribution in [0.1, 0.15) is 47.4 Å². The van der Waals surface area contributed by atoms with Crippen LogP contribution in [0.5, 0.6) is 0 Å². The number of nitrogens with zero attached hydrogens (tertiary/aromatic N) is 1. The lowest BCUT2D eigenvalue weighted by atomic mass is 10.1. The van der Waals surface area contributed by atoms with E-state index in [-0.39, 0.29) is 27.7 Å². The molecule has 0 spiro atoms. The number of halogens is 1. The molecule has 152 valence electrons. The van der Waals surface area contributed by atoms with E-state index in [1.807, 2.05) is 6.92 Å². The van der Waals surface area contributed by atoms with Crippen LogP contribution in [0.25, 0.3) is 0 Å². The molecule has 0 saturated heterocycles. The van der Waals surface area contributed by atoms with Gasteiger partial charge in [0.2, 0.25) is 11.7 Å². The molecule has 1 N–H and O–H groups in total. The topological polar surface area (TPSA) is 116 Å². The summed E-state index contributed by atoms with van der Waals surface area (Å²) in [5.41, 5.74) is 0.312. The molecule has 2 aromatic carbocycles. The van der Waals surface area contributed by atoms with Gasteiger partial charge in [-0.2, -0.15) is 0 Å².